The normalized spacial score (nSPS) is 11.6. The molecule has 0 radical (unpaired) electrons. The smallest absolute Gasteiger partial charge is 0.220 e. The second kappa shape index (κ2) is 22.4. The minimum absolute atomic E-state index is 0.165. The first-order chi connectivity index (χ1) is 13.7. The van der Waals surface area contributed by atoms with E-state index in [4.69, 9.17) is 5.11 Å². The van der Waals surface area contributed by atoms with Crippen LogP contribution in [0, 0.1) is 0 Å². The minimum atomic E-state index is 0.165. The molecule has 0 aromatic heterocycles. The molecule has 166 valence electrons. The van der Waals surface area contributed by atoms with Crippen LogP contribution in [0.4, 0.5) is 0 Å². The maximum absolute atomic E-state index is 11.8. The van der Waals surface area contributed by atoms with Gasteiger partial charge in [-0.2, -0.15) is 0 Å². The summed E-state index contributed by atoms with van der Waals surface area (Å²) in [5, 5.41) is 11.9. The predicted molar refractivity (Wildman–Crippen MR) is 122 cm³/mol. The number of likely N-dealkylation sites (N-methyl/N-ethyl adjacent to an activating group) is 1. The minimum Gasteiger partial charge on any atom is -0.395 e. The molecule has 0 spiro atoms. The highest BCUT2D eigenvalue weighted by molar-refractivity contribution is 5.75. The zero-order valence-corrected chi connectivity index (χ0v) is 18.9. The van der Waals surface area contributed by atoms with Gasteiger partial charge in [0.1, 0.15) is 0 Å². The average Bonchev–Trinajstić information content (AvgIpc) is 2.70. The number of nitrogens with zero attached hydrogens (tertiary/aromatic N) is 1. The van der Waals surface area contributed by atoms with E-state index in [9.17, 15) is 4.79 Å². The van der Waals surface area contributed by atoms with Gasteiger partial charge in [0, 0.05) is 26.1 Å². The van der Waals surface area contributed by atoms with Crippen molar-refractivity contribution in [3.63, 3.8) is 0 Å². The van der Waals surface area contributed by atoms with Crippen LogP contribution in [0.25, 0.3) is 0 Å². The van der Waals surface area contributed by atoms with Crippen LogP contribution < -0.4 is 5.32 Å². The molecule has 0 bridgehead atoms. The Hall–Kier alpha value is -0.870. The molecule has 0 aromatic carbocycles. The number of carbonyl (C=O) groups is 1. The van der Waals surface area contributed by atoms with Gasteiger partial charge in [-0.3, -0.25) is 9.69 Å². The summed E-state index contributed by atoms with van der Waals surface area (Å²) in [6.07, 6.45) is 22.0. The molecule has 0 rings (SSSR count). The van der Waals surface area contributed by atoms with E-state index >= 15 is 0 Å². The van der Waals surface area contributed by atoms with Gasteiger partial charge >= 0.3 is 0 Å². The van der Waals surface area contributed by atoms with E-state index in [1.165, 1.54) is 70.6 Å². The van der Waals surface area contributed by atoms with E-state index < -0.39 is 0 Å². The molecule has 0 aliphatic heterocycles. The number of hydrogen-bond donors (Lipinski definition) is 2. The molecule has 0 atom stereocenters. The van der Waals surface area contributed by atoms with Crippen LogP contribution in [-0.4, -0.2) is 48.7 Å². The third-order valence-corrected chi connectivity index (χ3v) is 5.28. The van der Waals surface area contributed by atoms with Crippen LogP contribution >= 0.6 is 0 Å². The Morgan fingerprint density at radius 1 is 0.821 bits per heavy atom. The molecule has 2 N–H and O–H groups in total. The third-order valence-electron chi connectivity index (χ3n) is 5.28. The molecule has 4 heteroatoms. The van der Waals surface area contributed by atoms with Gasteiger partial charge in [-0.25, -0.2) is 0 Å². The van der Waals surface area contributed by atoms with Crippen molar-refractivity contribution >= 4 is 5.91 Å². The lowest BCUT2D eigenvalue weighted by molar-refractivity contribution is -0.121. The van der Waals surface area contributed by atoms with E-state index in [0.717, 1.165) is 25.9 Å². The van der Waals surface area contributed by atoms with Gasteiger partial charge in [0.15, 0.2) is 0 Å². The summed E-state index contributed by atoms with van der Waals surface area (Å²) in [7, 11) is 0. The number of nitrogens with one attached hydrogen (secondary N) is 1. The van der Waals surface area contributed by atoms with Crippen LogP contribution in [0.3, 0.4) is 0 Å². The van der Waals surface area contributed by atoms with Crippen molar-refractivity contribution < 1.29 is 9.90 Å². The van der Waals surface area contributed by atoms with Crippen LogP contribution in [0.15, 0.2) is 12.2 Å². The van der Waals surface area contributed by atoms with E-state index in [-0.39, 0.29) is 12.5 Å². The van der Waals surface area contributed by atoms with Crippen LogP contribution in [0.1, 0.15) is 104 Å². The van der Waals surface area contributed by atoms with E-state index in [1.807, 2.05) is 0 Å². The Labute approximate surface area is 175 Å². The second-order valence-electron chi connectivity index (χ2n) is 7.84. The number of aliphatic hydroxyl groups is 1. The van der Waals surface area contributed by atoms with Gasteiger partial charge in [-0.1, -0.05) is 77.4 Å². The zero-order chi connectivity index (χ0) is 20.7. The summed E-state index contributed by atoms with van der Waals surface area (Å²) in [4.78, 5) is 14.0. The summed E-state index contributed by atoms with van der Waals surface area (Å²) < 4.78 is 0. The molecule has 0 saturated carbocycles. The lowest BCUT2D eigenvalue weighted by atomic mass is 10.1. The molecule has 0 unspecified atom stereocenters. The Morgan fingerprint density at radius 3 is 1.96 bits per heavy atom. The van der Waals surface area contributed by atoms with Crippen molar-refractivity contribution in [3.8, 4) is 0 Å². The van der Waals surface area contributed by atoms with Gasteiger partial charge in [0.25, 0.3) is 0 Å². The van der Waals surface area contributed by atoms with Gasteiger partial charge < -0.3 is 10.4 Å². The number of amides is 1. The third kappa shape index (κ3) is 19.9. The first-order valence-corrected chi connectivity index (χ1v) is 12.0. The van der Waals surface area contributed by atoms with Crippen LogP contribution in [0.2, 0.25) is 0 Å². The van der Waals surface area contributed by atoms with E-state index in [0.29, 0.717) is 19.5 Å². The van der Waals surface area contributed by atoms with Gasteiger partial charge in [0.2, 0.25) is 5.91 Å². The molecular weight excluding hydrogens is 348 g/mol. The van der Waals surface area contributed by atoms with E-state index in [1.54, 1.807) is 0 Å². The zero-order valence-electron chi connectivity index (χ0n) is 18.9. The molecule has 0 aliphatic rings. The molecule has 1 amide bonds. The SMILES string of the molecule is CCCCCCCC/C=C/CCCCCCCC(=O)NCCN(CC)CCO. The standard InChI is InChI=1S/C24H48N2O2/c1-3-5-6-7-8-9-10-11-12-13-14-15-16-17-18-19-24(28)25-20-21-26(4-2)22-23-27/h11-12,27H,3-10,13-23H2,1-2H3,(H,25,28)/b12-11+. The predicted octanol–water partition coefficient (Wildman–Crippen LogP) is 5.45. The Morgan fingerprint density at radius 2 is 1.39 bits per heavy atom. The van der Waals surface area contributed by atoms with Crippen LogP contribution in [0.5, 0.6) is 0 Å². The Balaban J connectivity index is 3.31. The van der Waals surface area contributed by atoms with Gasteiger partial charge in [0.05, 0.1) is 6.61 Å². The lowest BCUT2D eigenvalue weighted by Gasteiger charge is -2.19. The number of allylic oxidation sites excluding steroid dienone is 2. The monoisotopic (exact) mass is 396 g/mol. The summed E-state index contributed by atoms with van der Waals surface area (Å²) in [6, 6.07) is 0. The van der Waals surface area contributed by atoms with Crippen molar-refractivity contribution in [1.29, 1.82) is 0 Å². The first kappa shape index (κ1) is 27.1. The van der Waals surface area contributed by atoms with Crippen molar-refractivity contribution in [2.24, 2.45) is 0 Å². The average molecular weight is 397 g/mol. The summed E-state index contributed by atoms with van der Waals surface area (Å²) >= 11 is 0. The molecule has 4 nitrogen and oxygen atoms in total. The molecule has 0 fully saturated rings. The largest absolute Gasteiger partial charge is 0.395 e. The molecular formula is C24H48N2O2. The highest BCUT2D eigenvalue weighted by atomic mass is 16.3. The maximum Gasteiger partial charge on any atom is 0.220 e. The Kier molecular flexibility index (Phi) is 21.7. The maximum atomic E-state index is 11.8. The number of unbranched alkanes of at least 4 members (excludes halogenated alkanes) is 11. The van der Waals surface area contributed by atoms with Crippen LogP contribution in [-0.2, 0) is 4.79 Å². The lowest BCUT2D eigenvalue weighted by Crippen LogP contribution is -2.36. The molecule has 0 heterocycles. The quantitative estimate of drug-likeness (QED) is 0.200. The molecule has 0 aliphatic carbocycles. The fourth-order valence-electron chi connectivity index (χ4n) is 3.37. The fourth-order valence-corrected chi connectivity index (χ4v) is 3.37. The summed E-state index contributed by atoms with van der Waals surface area (Å²) in [6.45, 7) is 7.60. The number of aliphatic hydroxyl groups excluding tert-OH is 1. The first-order valence-electron chi connectivity index (χ1n) is 12.0. The fraction of sp³-hybridized carbons (Fsp3) is 0.875. The highest BCUT2D eigenvalue weighted by Crippen LogP contribution is 2.09. The Bertz CT molecular complexity index is 359. The topological polar surface area (TPSA) is 52.6 Å². The highest BCUT2D eigenvalue weighted by Gasteiger charge is 2.03. The molecule has 28 heavy (non-hydrogen) atoms. The van der Waals surface area contributed by atoms with Crippen molar-refractivity contribution in [2.75, 3.05) is 32.8 Å². The number of hydrogen-bond acceptors (Lipinski definition) is 3. The second-order valence-corrected chi connectivity index (χ2v) is 7.84. The molecule has 0 aromatic rings. The number of rotatable bonds is 21. The van der Waals surface area contributed by atoms with Gasteiger partial charge in [-0.05, 0) is 38.6 Å². The van der Waals surface area contributed by atoms with Gasteiger partial charge in [-0.15, -0.1) is 0 Å². The number of carbonyl (C=O) groups excluding carboxylic acids is 1. The summed E-state index contributed by atoms with van der Waals surface area (Å²) in [5.41, 5.74) is 0. The van der Waals surface area contributed by atoms with E-state index in [2.05, 4.69) is 36.2 Å². The van der Waals surface area contributed by atoms with Crippen molar-refractivity contribution in [1.82, 2.24) is 10.2 Å². The summed E-state index contributed by atoms with van der Waals surface area (Å²) in [5.74, 6) is 0.165. The molecule has 0 saturated heterocycles. The van der Waals surface area contributed by atoms with Crippen molar-refractivity contribution in [2.45, 2.75) is 104 Å². The van der Waals surface area contributed by atoms with Crippen molar-refractivity contribution in [3.05, 3.63) is 12.2 Å².